The molecule has 1 saturated heterocycles. The van der Waals surface area contributed by atoms with Crippen LogP contribution in [-0.4, -0.2) is 23.2 Å². The number of halogens is 2. The van der Waals surface area contributed by atoms with Gasteiger partial charge in [0, 0.05) is 23.4 Å². The number of hydrogen-bond donors (Lipinski definition) is 1. The molecule has 2 aromatic rings. The van der Waals surface area contributed by atoms with E-state index in [2.05, 4.69) is 31.4 Å². The van der Waals surface area contributed by atoms with E-state index in [0.29, 0.717) is 18.8 Å². The topological polar surface area (TPSA) is 51.0 Å². The smallest absolute Gasteiger partial charge is 0.261 e. The molecule has 3 rings (SSSR count). The fourth-order valence-electron chi connectivity index (χ4n) is 2.41. The maximum Gasteiger partial charge on any atom is 0.261 e. The summed E-state index contributed by atoms with van der Waals surface area (Å²) in [5.74, 6) is 0.560. The van der Waals surface area contributed by atoms with Crippen LogP contribution in [0, 0.1) is 5.92 Å². The predicted molar refractivity (Wildman–Crippen MR) is 76.1 cm³/mol. The van der Waals surface area contributed by atoms with Crippen LogP contribution in [0.4, 0.5) is 4.39 Å². The second-order valence-corrected chi connectivity index (χ2v) is 5.93. The third-order valence-electron chi connectivity index (χ3n) is 3.48. The summed E-state index contributed by atoms with van der Waals surface area (Å²) in [4.78, 5) is 4.18. The Balaban J connectivity index is 1.70. The number of nitrogens with zero attached hydrogens (tertiary/aromatic N) is 2. The Kier molecular flexibility index (Phi) is 4.12. The van der Waals surface area contributed by atoms with E-state index in [9.17, 15) is 4.39 Å². The van der Waals surface area contributed by atoms with Gasteiger partial charge in [0.15, 0.2) is 12.0 Å². The van der Waals surface area contributed by atoms with Crippen molar-refractivity contribution in [3.8, 4) is 0 Å². The van der Waals surface area contributed by atoms with E-state index in [-0.39, 0.29) is 11.8 Å². The monoisotopic (exact) mass is 339 g/mol. The average Bonchev–Trinajstić information content (AvgIpc) is 3.09. The Labute approximate surface area is 124 Å². The Morgan fingerprint density at radius 3 is 3.15 bits per heavy atom. The fraction of sp³-hybridized carbons (Fsp3) is 0.429. The second kappa shape index (κ2) is 6.01. The number of rotatable bonds is 4. The molecular formula is C14H15BrFN3O. The molecule has 0 amide bonds. The minimum absolute atomic E-state index is 0.0610. The van der Waals surface area contributed by atoms with Gasteiger partial charge < -0.3 is 9.84 Å². The number of aromatic nitrogens is 2. The molecule has 1 fully saturated rings. The minimum Gasteiger partial charge on any atom is -0.336 e. The summed E-state index contributed by atoms with van der Waals surface area (Å²) >= 11 is 3.42. The Morgan fingerprint density at radius 1 is 1.50 bits per heavy atom. The van der Waals surface area contributed by atoms with E-state index >= 15 is 0 Å². The van der Waals surface area contributed by atoms with Crippen LogP contribution in [0.2, 0.25) is 0 Å². The lowest BCUT2D eigenvalue weighted by Crippen LogP contribution is -2.13. The summed E-state index contributed by atoms with van der Waals surface area (Å²) in [6, 6.07) is 7.87. The van der Waals surface area contributed by atoms with Gasteiger partial charge in [0.2, 0.25) is 0 Å². The molecule has 20 heavy (non-hydrogen) atoms. The molecule has 6 heteroatoms. The van der Waals surface area contributed by atoms with E-state index in [4.69, 9.17) is 4.52 Å². The van der Waals surface area contributed by atoms with Crippen LogP contribution >= 0.6 is 15.9 Å². The zero-order valence-electron chi connectivity index (χ0n) is 10.9. The first-order valence-electron chi connectivity index (χ1n) is 6.64. The molecule has 0 bridgehead atoms. The third-order valence-corrected chi connectivity index (χ3v) is 3.98. The van der Waals surface area contributed by atoms with Crippen LogP contribution < -0.4 is 5.32 Å². The van der Waals surface area contributed by atoms with Gasteiger partial charge in [0.1, 0.15) is 0 Å². The maximum absolute atomic E-state index is 14.2. The Morgan fingerprint density at radius 2 is 2.40 bits per heavy atom. The average molecular weight is 340 g/mol. The molecule has 106 valence electrons. The molecule has 1 aromatic carbocycles. The van der Waals surface area contributed by atoms with Gasteiger partial charge >= 0.3 is 0 Å². The summed E-state index contributed by atoms with van der Waals surface area (Å²) in [6.07, 6.45) is 0.178. The van der Waals surface area contributed by atoms with Crippen LogP contribution in [0.3, 0.4) is 0 Å². The molecule has 2 heterocycles. The summed E-state index contributed by atoms with van der Waals surface area (Å²) in [5, 5.41) is 7.01. The molecule has 0 spiro atoms. The van der Waals surface area contributed by atoms with E-state index in [1.165, 1.54) is 0 Å². The van der Waals surface area contributed by atoms with Crippen LogP contribution in [0.25, 0.3) is 0 Å². The number of benzene rings is 1. The van der Waals surface area contributed by atoms with E-state index in [1.54, 1.807) is 0 Å². The maximum atomic E-state index is 14.2. The molecule has 1 aromatic heterocycles. The Bertz CT molecular complexity index is 583. The van der Waals surface area contributed by atoms with Gasteiger partial charge in [-0.1, -0.05) is 33.2 Å². The van der Waals surface area contributed by atoms with Crippen LogP contribution in [0.1, 0.15) is 29.9 Å². The first kappa shape index (κ1) is 13.7. The standard InChI is InChI=1S/C14H15BrFN3O/c15-11-3-1-2-9(6-11)7-12-18-14(20-19-12)13(16)10-4-5-17-8-10/h1-3,6,10,13,17H,4-5,7-8H2. The summed E-state index contributed by atoms with van der Waals surface area (Å²) < 4.78 is 20.3. The van der Waals surface area contributed by atoms with E-state index < -0.39 is 6.17 Å². The number of nitrogens with one attached hydrogen (secondary N) is 1. The van der Waals surface area contributed by atoms with Gasteiger partial charge in [-0.3, -0.25) is 0 Å². The second-order valence-electron chi connectivity index (χ2n) is 5.01. The first-order chi connectivity index (χ1) is 9.72. The first-order valence-corrected chi connectivity index (χ1v) is 7.43. The molecule has 0 saturated carbocycles. The van der Waals surface area contributed by atoms with Crippen molar-refractivity contribution in [2.75, 3.05) is 13.1 Å². The number of hydrogen-bond acceptors (Lipinski definition) is 4. The van der Waals surface area contributed by atoms with E-state index in [1.807, 2.05) is 24.3 Å². The predicted octanol–water partition coefficient (Wildman–Crippen LogP) is 3.04. The van der Waals surface area contributed by atoms with Crippen molar-refractivity contribution < 1.29 is 8.91 Å². The van der Waals surface area contributed by atoms with Crippen LogP contribution in [-0.2, 0) is 6.42 Å². The minimum atomic E-state index is -1.17. The molecule has 1 aliphatic rings. The fourth-order valence-corrected chi connectivity index (χ4v) is 2.86. The number of alkyl halides is 1. The summed E-state index contributed by atoms with van der Waals surface area (Å²) in [6.45, 7) is 1.52. The molecule has 1 N–H and O–H groups in total. The van der Waals surface area contributed by atoms with Crippen molar-refractivity contribution >= 4 is 15.9 Å². The highest BCUT2D eigenvalue weighted by Gasteiger charge is 2.30. The highest BCUT2D eigenvalue weighted by atomic mass is 79.9. The van der Waals surface area contributed by atoms with E-state index in [0.717, 1.165) is 23.0 Å². The van der Waals surface area contributed by atoms with Crippen LogP contribution in [0.15, 0.2) is 33.3 Å². The van der Waals surface area contributed by atoms with Gasteiger partial charge in [-0.15, -0.1) is 0 Å². The lowest BCUT2D eigenvalue weighted by atomic mass is 10.0. The van der Waals surface area contributed by atoms with Gasteiger partial charge in [-0.05, 0) is 30.7 Å². The molecular weight excluding hydrogens is 325 g/mol. The molecule has 2 unspecified atom stereocenters. The third kappa shape index (κ3) is 3.07. The van der Waals surface area contributed by atoms with Crippen LogP contribution in [0.5, 0.6) is 0 Å². The van der Waals surface area contributed by atoms with Gasteiger partial charge in [0.05, 0.1) is 0 Å². The Hall–Kier alpha value is -1.27. The van der Waals surface area contributed by atoms with Gasteiger partial charge in [-0.25, -0.2) is 4.39 Å². The quantitative estimate of drug-likeness (QED) is 0.930. The highest BCUT2D eigenvalue weighted by Crippen LogP contribution is 2.29. The SMILES string of the molecule is FC(c1nc(Cc2cccc(Br)c2)no1)C1CCNC1. The molecule has 4 nitrogen and oxygen atoms in total. The van der Waals surface area contributed by atoms with Crippen molar-refractivity contribution in [2.45, 2.75) is 19.0 Å². The largest absolute Gasteiger partial charge is 0.336 e. The van der Waals surface area contributed by atoms with Crippen molar-refractivity contribution in [3.05, 3.63) is 46.0 Å². The lowest BCUT2D eigenvalue weighted by molar-refractivity contribution is 0.185. The zero-order valence-corrected chi connectivity index (χ0v) is 12.4. The summed E-state index contributed by atoms with van der Waals surface area (Å²) in [5.41, 5.74) is 1.06. The molecule has 0 aliphatic carbocycles. The van der Waals surface area contributed by atoms with Gasteiger partial charge in [-0.2, -0.15) is 4.98 Å². The zero-order chi connectivity index (χ0) is 13.9. The summed E-state index contributed by atoms with van der Waals surface area (Å²) in [7, 11) is 0. The van der Waals surface area contributed by atoms with Crippen molar-refractivity contribution in [1.82, 2.24) is 15.5 Å². The molecule has 2 atom stereocenters. The normalized spacial score (nSPS) is 20.2. The highest BCUT2D eigenvalue weighted by molar-refractivity contribution is 9.10. The van der Waals surface area contributed by atoms with Crippen molar-refractivity contribution in [2.24, 2.45) is 5.92 Å². The van der Waals surface area contributed by atoms with Gasteiger partial charge in [0.25, 0.3) is 5.89 Å². The molecule has 1 aliphatic heterocycles. The van der Waals surface area contributed by atoms with Crippen molar-refractivity contribution in [1.29, 1.82) is 0 Å². The van der Waals surface area contributed by atoms with Crippen molar-refractivity contribution in [3.63, 3.8) is 0 Å². The molecule has 0 radical (unpaired) electrons. The lowest BCUT2D eigenvalue weighted by Gasteiger charge is -2.09.